The number of nitrogens with zero attached hydrogens (tertiary/aromatic N) is 1. The summed E-state index contributed by atoms with van der Waals surface area (Å²) < 4.78 is 0.833. The van der Waals surface area contributed by atoms with Crippen molar-refractivity contribution < 1.29 is 4.48 Å². The third kappa shape index (κ3) is 2.85. The van der Waals surface area contributed by atoms with Crippen molar-refractivity contribution in [3.63, 3.8) is 0 Å². The largest absolute Gasteiger partial charge is 0.276 e. The molecular formula is C13H22N+. The van der Waals surface area contributed by atoms with Crippen LogP contribution in [0.5, 0.6) is 0 Å². The van der Waals surface area contributed by atoms with Crippen LogP contribution in [-0.2, 0) is 0 Å². The van der Waals surface area contributed by atoms with Gasteiger partial charge in [-0.3, -0.25) is 4.48 Å². The van der Waals surface area contributed by atoms with Gasteiger partial charge in [-0.1, -0.05) is 19.9 Å². The first-order valence-electron chi connectivity index (χ1n) is 5.51. The van der Waals surface area contributed by atoms with Gasteiger partial charge in [-0.05, 0) is 36.5 Å². The zero-order valence-corrected chi connectivity index (χ0v) is 9.83. The van der Waals surface area contributed by atoms with Gasteiger partial charge >= 0.3 is 0 Å². The first-order valence-corrected chi connectivity index (χ1v) is 5.51. The van der Waals surface area contributed by atoms with Crippen molar-refractivity contribution in [2.45, 2.75) is 26.7 Å². The van der Waals surface area contributed by atoms with Gasteiger partial charge < -0.3 is 0 Å². The van der Waals surface area contributed by atoms with E-state index < -0.39 is 0 Å². The number of allylic oxidation sites excluding steroid dienone is 4. The molecule has 1 aliphatic rings. The van der Waals surface area contributed by atoms with Gasteiger partial charge in [0.05, 0.1) is 20.3 Å². The summed E-state index contributed by atoms with van der Waals surface area (Å²) in [6, 6.07) is 0. The molecule has 0 spiro atoms. The minimum Gasteiger partial charge on any atom is -0.276 e. The number of quaternary nitrogens is 1. The van der Waals surface area contributed by atoms with E-state index in [2.05, 4.69) is 58.6 Å². The third-order valence-corrected chi connectivity index (χ3v) is 2.87. The lowest BCUT2D eigenvalue weighted by Crippen LogP contribution is -2.25. The monoisotopic (exact) mass is 192 g/mol. The second kappa shape index (κ2) is 4.61. The summed E-state index contributed by atoms with van der Waals surface area (Å²) in [5.41, 5.74) is 1.47. The van der Waals surface area contributed by atoms with Crippen molar-refractivity contribution in [1.82, 2.24) is 0 Å². The Balaban J connectivity index is 2.83. The Kier molecular flexibility index (Phi) is 3.70. The fourth-order valence-electron chi connectivity index (χ4n) is 1.79. The first kappa shape index (κ1) is 11.3. The molecule has 1 heteroatoms. The maximum atomic E-state index is 2.28. The summed E-state index contributed by atoms with van der Waals surface area (Å²) in [6.45, 7) is 4.52. The van der Waals surface area contributed by atoms with Crippen LogP contribution in [-0.4, -0.2) is 18.6 Å². The van der Waals surface area contributed by atoms with Crippen molar-refractivity contribution in [3.8, 4) is 0 Å². The van der Waals surface area contributed by atoms with E-state index in [0.29, 0.717) is 5.92 Å². The van der Waals surface area contributed by atoms with Gasteiger partial charge in [-0.15, -0.1) is 0 Å². The molecule has 78 valence electrons. The molecular weight excluding hydrogens is 170 g/mol. The van der Waals surface area contributed by atoms with Crippen molar-refractivity contribution >= 4 is 0 Å². The van der Waals surface area contributed by atoms with Gasteiger partial charge in [-0.2, -0.15) is 0 Å². The number of rotatable bonds is 3. The van der Waals surface area contributed by atoms with E-state index in [4.69, 9.17) is 0 Å². The molecule has 0 saturated heterocycles. The summed E-state index contributed by atoms with van der Waals surface area (Å²) in [6.07, 6.45) is 13.6. The normalized spacial score (nSPS) is 19.6. The van der Waals surface area contributed by atoms with Crippen molar-refractivity contribution in [3.05, 3.63) is 36.2 Å². The lowest BCUT2D eigenvalue weighted by atomic mass is 9.93. The molecule has 1 heterocycles. The molecule has 0 bridgehead atoms. The average Bonchev–Trinajstić information content (AvgIpc) is 2.30. The molecule has 1 rings (SSSR count). The van der Waals surface area contributed by atoms with Gasteiger partial charge in [0.25, 0.3) is 0 Å². The van der Waals surface area contributed by atoms with Crippen LogP contribution in [0.15, 0.2) is 36.2 Å². The minimum atomic E-state index is 0.717. The smallest absolute Gasteiger partial charge is 0.100 e. The van der Waals surface area contributed by atoms with E-state index in [0.717, 1.165) is 4.48 Å². The molecule has 0 amide bonds. The van der Waals surface area contributed by atoms with Crippen LogP contribution in [0.2, 0.25) is 0 Å². The predicted octanol–water partition coefficient (Wildman–Crippen LogP) is 3.47. The lowest BCUT2D eigenvalue weighted by molar-refractivity contribution is -0.783. The number of hydrogen-bond donors (Lipinski definition) is 0. The second-order valence-electron chi connectivity index (χ2n) is 4.47. The molecule has 0 saturated carbocycles. The highest BCUT2D eigenvalue weighted by Crippen LogP contribution is 2.22. The highest BCUT2D eigenvalue weighted by Gasteiger charge is 2.12. The fourth-order valence-corrected chi connectivity index (χ4v) is 1.79. The fraction of sp³-hybridized carbons (Fsp3) is 0.538. The summed E-state index contributed by atoms with van der Waals surface area (Å²) >= 11 is 0. The highest BCUT2D eigenvalue weighted by atomic mass is 15.3. The van der Waals surface area contributed by atoms with Crippen LogP contribution >= 0.6 is 0 Å². The Hall–Kier alpha value is -0.820. The average molecular weight is 192 g/mol. The maximum absolute atomic E-state index is 2.28. The Labute approximate surface area is 88.0 Å². The molecule has 0 aromatic heterocycles. The Morgan fingerprint density at radius 1 is 1.14 bits per heavy atom. The maximum Gasteiger partial charge on any atom is 0.100 e. The van der Waals surface area contributed by atoms with E-state index in [1.165, 1.54) is 18.4 Å². The van der Waals surface area contributed by atoms with Gasteiger partial charge in [0, 0.05) is 0 Å². The molecule has 1 aliphatic heterocycles. The van der Waals surface area contributed by atoms with E-state index in [-0.39, 0.29) is 0 Å². The summed E-state index contributed by atoms with van der Waals surface area (Å²) in [7, 11) is 4.35. The van der Waals surface area contributed by atoms with Crippen LogP contribution in [0.4, 0.5) is 0 Å². The van der Waals surface area contributed by atoms with E-state index >= 15 is 0 Å². The van der Waals surface area contributed by atoms with Crippen molar-refractivity contribution in [2.75, 3.05) is 14.1 Å². The molecule has 0 fully saturated rings. The summed E-state index contributed by atoms with van der Waals surface area (Å²) in [4.78, 5) is 0. The molecule has 0 aromatic rings. The van der Waals surface area contributed by atoms with Crippen LogP contribution in [0.25, 0.3) is 0 Å². The van der Waals surface area contributed by atoms with E-state index in [9.17, 15) is 0 Å². The van der Waals surface area contributed by atoms with Crippen LogP contribution in [0.3, 0.4) is 0 Å². The highest BCUT2D eigenvalue weighted by molar-refractivity contribution is 5.26. The Morgan fingerprint density at radius 2 is 1.79 bits per heavy atom. The predicted molar refractivity (Wildman–Crippen MR) is 62.5 cm³/mol. The Morgan fingerprint density at radius 3 is 2.36 bits per heavy atom. The molecule has 1 nitrogen and oxygen atoms in total. The quantitative estimate of drug-likeness (QED) is 0.601. The second-order valence-corrected chi connectivity index (χ2v) is 4.47. The van der Waals surface area contributed by atoms with Crippen LogP contribution in [0, 0.1) is 5.92 Å². The molecule has 14 heavy (non-hydrogen) atoms. The number of hydrogen-bond acceptors (Lipinski definition) is 0. The zero-order valence-electron chi connectivity index (χ0n) is 9.83. The zero-order chi connectivity index (χ0) is 10.6. The molecule has 0 N–H and O–H groups in total. The topological polar surface area (TPSA) is 0 Å². The minimum absolute atomic E-state index is 0.717. The molecule has 0 aromatic carbocycles. The van der Waals surface area contributed by atoms with Gasteiger partial charge in [0.1, 0.15) is 6.20 Å². The Bertz CT molecular complexity index is 265. The molecule has 0 radical (unpaired) electrons. The van der Waals surface area contributed by atoms with E-state index in [1.807, 2.05) is 0 Å². The van der Waals surface area contributed by atoms with Crippen molar-refractivity contribution in [1.29, 1.82) is 0 Å². The van der Waals surface area contributed by atoms with Gasteiger partial charge in [0.15, 0.2) is 0 Å². The first-order chi connectivity index (χ1) is 6.59. The van der Waals surface area contributed by atoms with Crippen LogP contribution < -0.4 is 0 Å². The van der Waals surface area contributed by atoms with Gasteiger partial charge in [-0.25, -0.2) is 0 Å². The van der Waals surface area contributed by atoms with E-state index in [1.54, 1.807) is 0 Å². The molecule has 0 unspecified atom stereocenters. The standard InChI is InChI=1S/C13H22N/c1-5-12(6-2)13-8-7-10-14(3,4)11-9-13/h7-12H,5-6H2,1-4H3/q+1. The SMILES string of the molecule is CCC(CC)C1=CC=C[N+](C)(C)C=C1. The summed E-state index contributed by atoms with van der Waals surface area (Å²) in [5, 5.41) is 0. The summed E-state index contributed by atoms with van der Waals surface area (Å²) in [5.74, 6) is 0.717. The van der Waals surface area contributed by atoms with Crippen LogP contribution in [0.1, 0.15) is 26.7 Å². The van der Waals surface area contributed by atoms with Crippen molar-refractivity contribution in [2.24, 2.45) is 5.92 Å². The van der Waals surface area contributed by atoms with Gasteiger partial charge in [0.2, 0.25) is 0 Å². The third-order valence-electron chi connectivity index (χ3n) is 2.87. The molecule has 0 aliphatic carbocycles. The molecule has 0 atom stereocenters. The lowest BCUT2D eigenvalue weighted by Gasteiger charge is -2.18.